The minimum absolute atomic E-state index is 0.277. The van der Waals surface area contributed by atoms with Crippen molar-refractivity contribution in [3.05, 3.63) is 76.2 Å². The maximum Gasteiger partial charge on any atom is 0.155 e. The molecule has 1 aromatic heterocycles. The molecule has 0 aliphatic carbocycles. The maximum absolute atomic E-state index is 9.59. The molecule has 0 fully saturated rings. The Hall–Kier alpha value is -2.73. The van der Waals surface area contributed by atoms with Crippen molar-refractivity contribution < 1.29 is 9.94 Å². The van der Waals surface area contributed by atoms with Gasteiger partial charge in [-0.05, 0) is 23.3 Å². The summed E-state index contributed by atoms with van der Waals surface area (Å²) in [5.41, 5.74) is 7.05. The lowest BCUT2D eigenvalue weighted by Crippen LogP contribution is -2.30. The summed E-state index contributed by atoms with van der Waals surface area (Å²) in [6.07, 6.45) is 3.37. The van der Waals surface area contributed by atoms with Crippen molar-refractivity contribution in [3.63, 3.8) is 0 Å². The first-order chi connectivity index (χ1) is 15.8. The molecule has 0 spiro atoms. The van der Waals surface area contributed by atoms with E-state index in [9.17, 15) is 5.26 Å². The number of aromatic nitrogens is 2. The molecule has 0 aliphatic heterocycles. The van der Waals surface area contributed by atoms with Crippen LogP contribution in [0.5, 0.6) is 5.75 Å². The van der Waals surface area contributed by atoms with Gasteiger partial charge in [-0.15, -0.1) is 16.8 Å². The van der Waals surface area contributed by atoms with Gasteiger partial charge in [0.15, 0.2) is 5.75 Å². The number of hydrazine groups is 1. The fraction of sp³-hybridized carbons (Fsp3) is 0.292. The predicted molar refractivity (Wildman–Crippen MR) is 128 cm³/mol. The largest absolute Gasteiger partial charge is 0.489 e. The van der Waals surface area contributed by atoms with Gasteiger partial charge in [-0.1, -0.05) is 49.7 Å². The number of nitriles is 1. The van der Waals surface area contributed by atoms with Gasteiger partial charge in [0.25, 0.3) is 0 Å². The zero-order valence-electron chi connectivity index (χ0n) is 18.6. The van der Waals surface area contributed by atoms with Gasteiger partial charge >= 0.3 is 0 Å². The standard InChI is InChI=1S/C24H25Cl2N5O2/c1-24(2,19-10-17(12-27)23(21(26)11-19)33-9-8-25)18-6-4-16(5-7-18)22-15-28-20(13-29-22)14-30-31(3)32/h4-7,10-11,13,15,30,32H,8-9,14H2,1-3H3. The van der Waals surface area contributed by atoms with Crippen LogP contribution in [0.3, 0.4) is 0 Å². The molecular formula is C24H25Cl2N5O2. The number of alkyl halides is 1. The van der Waals surface area contributed by atoms with Crippen molar-refractivity contribution in [1.82, 2.24) is 20.6 Å². The lowest BCUT2D eigenvalue weighted by atomic mass is 9.77. The highest BCUT2D eigenvalue weighted by atomic mass is 35.5. The number of benzene rings is 2. The normalized spacial score (nSPS) is 11.5. The SMILES string of the molecule is CN(O)NCc1cnc(-c2ccc(C(C)(C)c3cc(Cl)c(OCCCl)c(C#N)c3)cc2)cn1. The van der Waals surface area contributed by atoms with Gasteiger partial charge in [0.1, 0.15) is 12.7 Å². The Kier molecular flexibility index (Phi) is 8.25. The predicted octanol–water partition coefficient (Wildman–Crippen LogP) is 4.94. The van der Waals surface area contributed by atoms with Crippen LogP contribution in [0.4, 0.5) is 0 Å². The molecule has 0 amide bonds. The molecule has 1 heterocycles. The quantitative estimate of drug-likeness (QED) is 0.327. The van der Waals surface area contributed by atoms with Gasteiger partial charge in [-0.25, -0.2) is 5.43 Å². The van der Waals surface area contributed by atoms with E-state index >= 15 is 0 Å². The summed E-state index contributed by atoms with van der Waals surface area (Å²) >= 11 is 12.1. The Bertz CT molecular complexity index is 1130. The average Bonchev–Trinajstić information content (AvgIpc) is 2.82. The third-order valence-electron chi connectivity index (χ3n) is 5.31. The smallest absolute Gasteiger partial charge is 0.155 e. The Morgan fingerprint density at radius 1 is 1.15 bits per heavy atom. The molecule has 0 aliphatic rings. The number of hydrogen-bond donors (Lipinski definition) is 2. The summed E-state index contributed by atoms with van der Waals surface area (Å²) in [6.45, 7) is 4.80. The number of hydroxylamine groups is 1. The van der Waals surface area contributed by atoms with Crippen molar-refractivity contribution in [2.75, 3.05) is 19.5 Å². The topological polar surface area (TPSA) is 94.3 Å². The number of nitrogens with one attached hydrogen (secondary N) is 1. The highest BCUT2D eigenvalue weighted by Gasteiger charge is 2.26. The Morgan fingerprint density at radius 3 is 2.45 bits per heavy atom. The van der Waals surface area contributed by atoms with Gasteiger partial charge in [-0.3, -0.25) is 15.2 Å². The van der Waals surface area contributed by atoms with Gasteiger partial charge in [0.2, 0.25) is 0 Å². The van der Waals surface area contributed by atoms with E-state index in [-0.39, 0.29) is 6.61 Å². The number of ether oxygens (including phenoxy) is 1. The van der Waals surface area contributed by atoms with Crippen LogP contribution in [0.2, 0.25) is 5.02 Å². The van der Waals surface area contributed by atoms with Crippen LogP contribution in [-0.2, 0) is 12.0 Å². The van der Waals surface area contributed by atoms with Crippen LogP contribution in [0.15, 0.2) is 48.8 Å². The average molecular weight is 486 g/mol. The molecule has 2 aromatic carbocycles. The highest BCUT2D eigenvalue weighted by Crippen LogP contribution is 2.38. The van der Waals surface area contributed by atoms with E-state index in [2.05, 4.69) is 35.3 Å². The maximum atomic E-state index is 9.59. The molecule has 0 saturated heterocycles. The van der Waals surface area contributed by atoms with E-state index in [0.717, 1.165) is 27.6 Å². The molecule has 33 heavy (non-hydrogen) atoms. The lowest BCUT2D eigenvalue weighted by Gasteiger charge is -2.27. The first-order valence-corrected chi connectivity index (χ1v) is 11.2. The van der Waals surface area contributed by atoms with E-state index in [4.69, 9.17) is 33.1 Å². The Morgan fingerprint density at radius 2 is 1.88 bits per heavy atom. The van der Waals surface area contributed by atoms with Crippen LogP contribution >= 0.6 is 23.2 Å². The van der Waals surface area contributed by atoms with Crippen LogP contribution < -0.4 is 10.2 Å². The van der Waals surface area contributed by atoms with Gasteiger partial charge < -0.3 is 4.74 Å². The van der Waals surface area contributed by atoms with Crippen molar-refractivity contribution in [3.8, 4) is 23.1 Å². The number of halogens is 2. The van der Waals surface area contributed by atoms with E-state index in [1.807, 2.05) is 36.4 Å². The van der Waals surface area contributed by atoms with E-state index in [1.165, 1.54) is 7.05 Å². The molecule has 0 saturated carbocycles. The van der Waals surface area contributed by atoms with Crippen LogP contribution in [0, 0.1) is 11.3 Å². The zero-order valence-corrected chi connectivity index (χ0v) is 20.2. The summed E-state index contributed by atoms with van der Waals surface area (Å²) in [7, 11) is 1.49. The first-order valence-electron chi connectivity index (χ1n) is 10.3. The van der Waals surface area contributed by atoms with Crippen LogP contribution in [-0.4, -0.2) is 39.9 Å². The Labute approximate surface area is 203 Å². The third kappa shape index (κ3) is 5.99. The number of hydrogen-bond acceptors (Lipinski definition) is 7. The number of nitrogens with zero attached hydrogens (tertiary/aromatic N) is 4. The molecule has 9 heteroatoms. The molecule has 0 unspecified atom stereocenters. The fourth-order valence-corrected chi connectivity index (χ4v) is 3.69. The molecular weight excluding hydrogens is 461 g/mol. The summed E-state index contributed by atoms with van der Waals surface area (Å²) in [5, 5.41) is 20.0. The minimum Gasteiger partial charge on any atom is -0.489 e. The van der Waals surface area contributed by atoms with Gasteiger partial charge in [0.05, 0.1) is 46.8 Å². The monoisotopic (exact) mass is 485 g/mol. The van der Waals surface area contributed by atoms with E-state index < -0.39 is 5.41 Å². The number of rotatable bonds is 9. The van der Waals surface area contributed by atoms with Crippen molar-refractivity contribution >= 4 is 23.2 Å². The van der Waals surface area contributed by atoms with Crippen LogP contribution in [0.1, 0.15) is 36.2 Å². The first kappa shape index (κ1) is 24.9. The lowest BCUT2D eigenvalue weighted by molar-refractivity contribution is -0.114. The molecule has 2 N–H and O–H groups in total. The highest BCUT2D eigenvalue weighted by molar-refractivity contribution is 6.32. The molecule has 3 rings (SSSR count). The zero-order chi connectivity index (χ0) is 24.0. The Balaban J connectivity index is 1.84. The van der Waals surface area contributed by atoms with Crippen molar-refractivity contribution in [1.29, 1.82) is 5.26 Å². The summed E-state index contributed by atoms with van der Waals surface area (Å²) in [6, 6.07) is 13.9. The molecule has 0 radical (unpaired) electrons. The van der Waals surface area contributed by atoms with Crippen molar-refractivity contribution in [2.45, 2.75) is 25.8 Å². The minimum atomic E-state index is -0.406. The molecule has 0 bridgehead atoms. The van der Waals surface area contributed by atoms with Crippen LogP contribution in [0.25, 0.3) is 11.3 Å². The van der Waals surface area contributed by atoms with Crippen molar-refractivity contribution in [2.24, 2.45) is 0 Å². The summed E-state index contributed by atoms with van der Waals surface area (Å²) in [5.74, 6) is 0.669. The summed E-state index contributed by atoms with van der Waals surface area (Å²) < 4.78 is 5.56. The molecule has 172 valence electrons. The van der Waals surface area contributed by atoms with Gasteiger partial charge in [-0.2, -0.15) is 5.26 Å². The second-order valence-electron chi connectivity index (χ2n) is 7.94. The molecule has 3 aromatic rings. The fourth-order valence-electron chi connectivity index (χ4n) is 3.34. The van der Waals surface area contributed by atoms with E-state index in [1.54, 1.807) is 12.4 Å². The second kappa shape index (κ2) is 10.9. The van der Waals surface area contributed by atoms with E-state index in [0.29, 0.717) is 34.5 Å². The molecule has 0 atom stereocenters. The third-order valence-corrected chi connectivity index (χ3v) is 5.74. The second-order valence-corrected chi connectivity index (χ2v) is 8.72. The van der Waals surface area contributed by atoms with Gasteiger partial charge in [0, 0.05) is 18.0 Å². The molecule has 7 nitrogen and oxygen atoms in total. The summed E-state index contributed by atoms with van der Waals surface area (Å²) in [4.78, 5) is 8.84.